The lowest BCUT2D eigenvalue weighted by atomic mass is 10.2. The van der Waals surface area contributed by atoms with Gasteiger partial charge in [0.15, 0.2) is 0 Å². The van der Waals surface area contributed by atoms with Crippen LogP contribution in [-0.4, -0.2) is 66.2 Å². The van der Waals surface area contributed by atoms with Gasteiger partial charge in [0.25, 0.3) is 5.91 Å². The summed E-state index contributed by atoms with van der Waals surface area (Å²) in [6, 6.07) is 8.73. The number of ether oxygens (including phenoxy) is 1. The van der Waals surface area contributed by atoms with E-state index in [0.29, 0.717) is 29.8 Å². The standard InChI is InChI=1S/C20H22FN5O5S/c1-13-3-4-15(11-17(13)21)22-20(27)14(2)31-26-19-12-16(5-6-18(19)23-24-26)32(28,29)25-7-9-30-10-8-25/h3-6,11-12,14H,7-10H2,1-2H3,(H,22,27). The number of morpholine rings is 1. The van der Waals surface area contributed by atoms with Crippen molar-refractivity contribution < 1.29 is 27.2 Å². The van der Waals surface area contributed by atoms with Gasteiger partial charge in [-0.2, -0.15) is 4.31 Å². The van der Waals surface area contributed by atoms with Crippen LogP contribution < -0.4 is 10.2 Å². The van der Waals surface area contributed by atoms with E-state index in [4.69, 9.17) is 9.57 Å². The predicted octanol–water partition coefficient (Wildman–Crippen LogP) is 1.36. The van der Waals surface area contributed by atoms with Gasteiger partial charge in [0.05, 0.1) is 18.1 Å². The summed E-state index contributed by atoms with van der Waals surface area (Å²) in [4.78, 5) is 19.1. The Bertz CT molecular complexity index is 1260. The van der Waals surface area contributed by atoms with Crippen LogP contribution in [-0.2, 0) is 19.6 Å². The second kappa shape index (κ2) is 8.81. The molecule has 1 unspecified atom stereocenters. The van der Waals surface area contributed by atoms with Crippen molar-refractivity contribution in [2.45, 2.75) is 24.8 Å². The van der Waals surface area contributed by atoms with Gasteiger partial charge < -0.3 is 14.9 Å². The summed E-state index contributed by atoms with van der Waals surface area (Å²) in [6.45, 7) is 4.32. The monoisotopic (exact) mass is 463 g/mol. The number of rotatable bonds is 6. The maximum atomic E-state index is 13.7. The first-order chi connectivity index (χ1) is 15.3. The van der Waals surface area contributed by atoms with Crippen LogP contribution in [0.2, 0.25) is 0 Å². The van der Waals surface area contributed by atoms with Crippen molar-refractivity contribution in [2.75, 3.05) is 31.6 Å². The van der Waals surface area contributed by atoms with Crippen LogP contribution in [0.5, 0.6) is 0 Å². The minimum atomic E-state index is -3.73. The summed E-state index contributed by atoms with van der Waals surface area (Å²) in [7, 11) is -3.73. The molecule has 0 saturated carbocycles. The van der Waals surface area contributed by atoms with Crippen molar-refractivity contribution in [1.82, 2.24) is 19.5 Å². The molecule has 32 heavy (non-hydrogen) atoms. The molecule has 3 aromatic rings. The molecule has 1 saturated heterocycles. The van der Waals surface area contributed by atoms with E-state index in [1.165, 1.54) is 35.5 Å². The highest BCUT2D eigenvalue weighted by atomic mass is 32.2. The highest BCUT2D eigenvalue weighted by molar-refractivity contribution is 7.89. The maximum Gasteiger partial charge on any atom is 0.267 e. The molecule has 0 radical (unpaired) electrons. The quantitative estimate of drug-likeness (QED) is 0.587. The summed E-state index contributed by atoms with van der Waals surface area (Å²) in [5.74, 6) is -0.971. The van der Waals surface area contributed by atoms with Crippen LogP contribution in [0.15, 0.2) is 41.3 Å². The lowest BCUT2D eigenvalue weighted by Crippen LogP contribution is -2.40. The minimum Gasteiger partial charge on any atom is -0.382 e. The van der Waals surface area contributed by atoms with Crippen molar-refractivity contribution in [3.63, 3.8) is 0 Å². The van der Waals surface area contributed by atoms with Gasteiger partial charge in [0, 0.05) is 18.8 Å². The molecular formula is C20H22FN5O5S. The first-order valence-electron chi connectivity index (χ1n) is 9.93. The Labute approximate surface area is 183 Å². The summed E-state index contributed by atoms with van der Waals surface area (Å²) < 4.78 is 46.2. The number of sulfonamides is 1. The summed E-state index contributed by atoms with van der Waals surface area (Å²) >= 11 is 0. The van der Waals surface area contributed by atoms with Gasteiger partial charge in [-0.25, -0.2) is 12.8 Å². The SMILES string of the molecule is Cc1ccc(NC(=O)C(C)On2nnc3ccc(S(=O)(=O)N4CCOCC4)cc32)cc1F. The van der Waals surface area contributed by atoms with Gasteiger partial charge in [-0.3, -0.25) is 4.79 Å². The van der Waals surface area contributed by atoms with Gasteiger partial charge in [-0.1, -0.05) is 10.9 Å². The Kier molecular flexibility index (Phi) is 6.09. The second-order valence-corrected chi connectivity index (χ2v) is 9.27. The average molecular weight is 463 g/mol. The maximum absolute atomic E-state index is 13.7. The van der Waals surface area contributed by atoms with E-state index in [9.17, 15) is 17.6 Å². The number of benzene rings is 2. The van der Waals surface area contributed by atoms with E-state index >= 15 is 0 Å². The van der Waals surface area contributed by atoms with E-state index in [1.54, 1.807) is 19.1 Å². The molecule has 1 atom stereocenters. The van der Waals surface area contributed by atoms with Crippen LogP contribution in [0.3, 0.4) is 0 Å². The lowest BCUT2D eigenvalue weighted by molar-refractivity contribution is -0.127. The molecule has 1 amide bonds. The van der Waals surface area contributed by atoms with Gasteiger partial charge in [-0.15, -0.1) is 5.10 Å². The summed E-state index contributed by atoms with van der Waals surface area (Å²) in [6.07, 6.45) is -1.02. The van der Waals surface area contributed by atoms with Gasteiger partial charge in [0.2, 0.25) is 16.1 Å². The molecule has 1 fully saturated rings. The zero-order valence-electron chi connectivity index (χ0n) is 17.5. The van der Waals surface area contributed by atoms with Crippen LogP contribution >= 0.6 is 0 Å². The molecule has 12 heteroatoms. The number of fused-ring (bicyclic) bond motifs is 1. The highest BCUT2D eigenvalue weighted by Crippen LogP contribution is 2.21. The topological polar surface area (TPSA) is 116 Å². The highest BCUT2D eigenvalue weighted by Gasteiger charge is 2.27. The van der Waals surface area contributed by atoms with E-state index in [2.05, 4.69) is 15.6 Å². The zero-order valence-corrected chi connectivity index (χ0v) is 18.3. The van der Waals surface area contributed by atoms with Crippen molar-refractivity contribution in [3.8, 4) is 0 Å². The normalized spacial score (nSPS) is 16.1. The third-order valence-corrected chi connectivity index (χ3v) is 6.96. The molecule has 1 N–H and O–H groups in total. The lowest BCUT2D eigenvalue weighted by Gasteiger charge is -2.26. The fourth-order valence-corrected chi connectivity index (χ4v) is 4.59. The Morgan fingerprint density at radius 3 is 2.69 bits per heavy atom. The van der Waals surface area contributed by atoms with Gasteiger partial charge in [0.1, 0.15) is 16.9 Å². The number of nitrogens with one attached hydrogen (secondary N) is 1. The molecule has 0 aliphatic carbocycles. The minimum absolute atomic E-state index is 0.0614. The zero-order chi connectivity index (χ0) is 22.9. The van der Waals surface area contributed by atoms with E-state index in [1.807, 2.05) is 0 Å². The molecule has 4 rings (SSSR count). The van der Waals surface area contributed by atoms with Crippen molar-refractivity contribution in [3.05, 3.63) is 47.8 Å². The molecule has 1 aromatic heterocycles. The number of aryl methyl sites for hydroxylation is 1. The molecule has 170 valence electrons. The Morgan fingerprint density at radius 2 is 1.97 bits per heavy atom. The summed E-state index contributed by atoms with van der Waals surface area (Å²) in [5.41, 5.74) is 1.44. The molecule has 1 aliphatic heterocycles. The summed E-state index contributed by atoms with van der Waals surface area (Å²) in [5, 5.41) is 10.4. The fraction of sp³-hybridized carbons (Fsp3) is 0.350. The van der Waals surface area contributed by atoms with Crippen LogP contribution in [0, 0.1) is 12.7 Å². The molecule has 10 nitrogen and oxygen atoms in total. The molecule has 0 spiro atoms. The Balaban J connectivity index is 1.53. The third kappa shape index (κ3) is 4.42. The number of halogens is 1. The number of aromatic nitrogens is 3. The first kappa shape index (κ1) is 22.1. The van der Waals surface area contributed by atoms with E-state index in [0.717, 1.165) is 4.85 Å². The van der Waals surface area contributed by atoms with Gasteiger partial charge in [-0.05, 0) is 55.0 Å². The molecule has 0 bridgehead atoms. The predicted molar refractivity (Wildman–Crippen MR) is 113 cm³/mol. The van der Waals surface area contributed by atoms with Crippen molar-refractivity contribution >= 4 is 32.7 Å². The Morgan fingerprint density at radius 1 is 1.22 bits per heavy atom. The number of carbonyl (C=O) groups excluding carboxylic acids is 1. The molecule has 1 aliphatic rings. The second-order valence-electron chi connectivity index (χ2n) is 7.33. The van der Waals surface area contributed by atoms with Crippen molar-refractivity contribution in [2.24, 2.45) is 0 Å². The number of anilines is 1. The number of nitrogens with zero attached hydrogens (tertiary/aromatic N) is 4. The molecular weight excluding hydrogens is 441 g/mol. The third-order valence-electron chi connectivity index (χ3n) is 5.06. The number of amides is 1. The van der Waals surface area contributed by atoms with E-state index in [-0.39, 0.29) is 23.7 Å². The van der Waals surface area contributed by atoms with E-state index < -0.39 is 27.9 Å². The largest absolute Gasteiger partial charge is 0.382 e. The average Bonchev–Trinajstić information content (AvgIpc) is 3.19. The van der Waals surface area contributed by atoms with Crippen LogP contribution in [0.4, 0.5) is 10.1 Å². The fourth-order valence-electron chi connectivity index (χ4n) is 3.16. The smallest absolute Gasteiger partial charge is 0.267 e. The molecule has 2 aromatic carbocycles. The Hall–Kier alpha value is -3.09. The molecule has 2 heterocycles. The van der Waals surface area contributed by atoms with Crippen molar-refractivity contribution in [1.29, 1.82) is 0 Å². The van der Waals surface area contributed by atoms with Crippen LogP contribution in [0.1, 0.15) is 12.5 Å². The van der Waals surface area contributed by atoms with Crippen LogP contribution in [0.25, 0.3) is 11.0 Å². The number of hydrogen-bond acceptors (Lipinski definition) is 7. The van der Waals surface area contributed by atoms with Gasteiger partial charge >= 0.3 is 0 Å². The number of hydrogen-bond donors (Lipinski definition) is 1. The first-order valence-corrected chi connectivity index (χ1v) is 11.4. The number of carbonyl (C=O) groups is 1.